The Morgan fingerprint density at radius 3 is 2.25 bits per heavy atom. The monoisotopic (exact) mass is 304 g/mol. The van der Waals surface area contributed by atoms with Gasteiger partial charge in [0, 0.05) is 44.7 Å². The summed E-state index contributed by atoms with van der Waals surface area (Å²) >= 11 is 0. The van der Waals surface area contributed by atoms with Crippen molar-refractivity contribution >= 4 is 16.1 Å². The van der Waals surface area contributed by atoms with Crippen molar-refractivity contribution in [2.45, 2.75) is 25.8 Å². The zero-order valence-electron chi connectivity index (χ0n) is 12.2. The molecule has 0 aliphatic carbocycles. The van der Waals surface area contributed by atoms with Gasteiger partial charge < -0.3 is 9.80 Å². The van der Waals surface area contributed by atoms with Gasteiger partial charge in [0.25, 0.3) is 10.2 Å². The number of piperazine rings is 1. The number of nitrogens with two attached hydrogens (primary N) is 1. The lowest BCUT2D eigenvalue weighted by Crippen LogP contribution is -2.55. The van der Waals surface area contributed by atoms with E-state index in [2.05, 4.69) is 18.9 Å². The molecule has 0 unspecified atom stereocenters. The molecule has 2 aliphatic rings. The van der Waals surface area contributed by atoms with Crippen molar-refractivity contribution in [3.63, 3.8) is 0 Å². The number of hydrogen-bond acceptors (Lipinski definition) is 4. The Morgan fingerprint density at radius 1 is 1.15 bits per heavy atom. The Bertz CT molecular complexity index is 459. The van der Waals surface area contributed by atoms with E-state index < -0.39 is 10.2 Å². The summed E-state index contributed by atoms with van der Waals surface area (Å²) in [7, 11) is -1.56. The van der Waals surface area contributed by atoms with Crippen LogP contribution in [0.15, 0.2) is 0 Å². The predicted molar refractivity (Wildman–Crippen MR) is 76.1 cm³/mol. The quantitative estimate of drug-likeness (QED) is 0.713. The van der Waals surface area contributed by atoms with Crippen LogP contribution in [-0.2, 0) is 15.0 Å². The van der Waals surface area contributed by atoms with Gasteiger partial charge in [-0.25, -0.2) is 5.14 Å². The standard InChI is InChI=1S/C12H24N4O3S/c1-10-9-14(2)7-8-16(10)12(17)11-3-5-15(6-4-11)20(13,18)19/h10-11H,3-9H2,1-2H3,(H2,13,18,19)/t10-/m1/s1. The molecule has 2 heterocycles. The van der Waals surface area contributed by atoms with Crippen LogP contribution in [0.1, 0.15) is 19.8 Å². The molecule has 1 atom stereocenters. The van der Waals surface area contributed by atoms with Crippen molar-refractivity contribution in [3.8, 4) is 0 Å². The second-order valence-electron chi connectivity index (χ2n) is 5.86. The number of piperidine rings is 1. The Labute approximate surface area is 120 Å². The molecule has 2 N–H and O–H groups in total. The lowest BCUT2D eigenvalue weighted by molar-refractivity contribution is -0.141. The molecule has 0 aromatic rings. The highest BCUT2D eigenvalue weighted by atomic mass is 32.2. The fourth-order valence-corrected chi connectivity index (χ4v) is 3.78. The first-order chi connectivity index (χ1) is 9.29. The van der Waals surface area contributed by atoms with Crippen LogP contribution in [0.4, 0.5) is 0 Å². The molecular weight excluding hydrogens is 280 g/mol. The third kappa shape index (κ3) is 3.49. The first-order valence-electron chi connectivity index (χ1n) is 7.06. The summed E-state index contributed by atoms with van der Waals surface area (Å²) < 4.78 is 23.8. The summed E-state index contributed by atoms with van der Waals surface area (Å²) in [4.78, 5) is 16.7. The molecule has 2 aliphatic heterocycles. The van der Waals surface area contributed by atoms with Crippen molar-refractivity contribution < 1.29 is 13.2 Å². The Balaban J connectivity index is 1.92. The van der Waals surface area contributed by atoms with Crippen molar-refractivity contribution in [1.82, 2.24) is 14.1 Å². The molecule has 2 fully saturated rings. The number of hydrogen-bond donors (Lipinski definition) is 1. The first kappa shape index (κ1) is 15.7. The van der Waals surface area contributed by atoms with Crippen LogP contribution >= 0.6 is 0 Å². The number of nitrogens with zero attached hydrogens (tertiary/aromatic N) is 3. The molecule has 0 saturated carbocycles. The first-order valence-corrected chi connectivity index (χ1v) is 8.56. The van der Waals surface area contributed by atoms with Crippen LogP contribution in [0.5, 0.6) is 0 Å². The Morgan fingerprint density at radius 2 is 1.75 bits per heavy atom. The highest BCUT2D eigenvalue weighted by Crippen LogP contribution is 2.22. The van der Waals surface area contributed by atoms with Gasteiger partial charge in [-0.3, -0.25) is 4.79 Å². The van der Waals surface area contributed by atoms with E-state index in [1.165, 1.54) is 4.31 Å². The van der Waals surface area contributed by atoms with Crippen LogP contribution in [0, 0.1) is 5.92 Å². The summed E-state index contributed by atoms with van der Waals surface area (Å²) in [5.41, 5.74) is 0. The van der Waals surface area contributed by atoms with E-state index >= 15 is 0 Å². The zero-order chi connectivity index (χ0) is 14.9. The molecule has 2 saturated heterocycles. The highest BCUT2D eigenvalue weighted by molar-refractivity contribution is 7.86. The van der Waals surface area contributed by atoms with Gasteiger partial charge in [-0.2, -0.15) is 12.7 Å². The highest BCUT2D eigenvalue weighted by Gasteiger charge is 2.34. The topological polar surface area (TPSA) is 86.9 Å². The van der Waals surface area contributed by atoms with Crippen LogP contribution in [0.3, 0.4) is 0 Å². The number of carbonyl (C=O) groups is 1. The van der Waals surface area contributed by atoms with Gasteiger partial charge in [0.05, 0.1) is 0 Å². The molecule has 8 heteroatoms. The average Bonchev–Trinajstić information content (AvgIpc) is 2.37. The van der Waals surface area contributed by atoms with E-state index in [4.69, 9.17) is 5.14 Å². The van der Waals surface area contributed by atoms with Crippen LogP contribution < -0.4 is 5.14 Å². The maximum Gasteiger partial charge on any atom is 0.276 e. The van der Waals surface area contributed by atoms with Gasteiger partial charge >= 0.3 is 0 Å². The van der Waals surface area contributed by atoms with Crippen LogP contribution in [0.2, 0.25) is 0 Å². The van der Waals surface area contributed by atoms with E-state index in [1.54, 1.807) is 0 Å². The number of rotatable bonds is 2. The van der Waals surface area contributed by atoms with Crippen molar-refractivity contribution in [2.24, 2.45) is 11.1 Å². The molecule has 0 radical (unpaired) electrons. The predicted octanol–water partition coefficient (Wildman–Crippen LogP) is -0.936. The molecule has 0 aromatic carbocycles. The van der Waals surface area contributed by atoms with Gasteiger partial charge in [-0.15, -0.1) is 0 Å². The summed E-state index contributed by atoms with van der Waals surface area (Å²) in [6.07, 6.45) is 1.13. The maximum absolute atomic E-state index is 12.5. The van der Waals surface area contributed by atoms with Gasteiger partial charge in [-0.1, -0.05) is 0 Å². The van der Waals surface area contributed by atoms with E-state index in [0.29, 0.717) is 25.9 Å². The summed E-state index contributed by atoms with van der Waals surface area (Å²) in [5, 5.41) is 5.11. The molecule has 1 amide bonds. The van der Waals surface area contributed by atoms with Crippen molar-refractivity contribution in [2.75, 3.05) is 39.8 Å². The molecule has 0 aromatic heterocycles. The Kier molecular flexibility index (Phi) is 4.68. The number of carbonyl (C=O) groups excluding carboxylic acids is 1. The number of amides is 1. The third-order valence-electron chi connectivity index (χ3n) is 4.28. The molecule has 20 heavy (non-hydrogen) atoms. The molecule has 7 nitrogen and oxygen atoms in total. The van der Waals surface area contributed by atoms with E-state index in [9.17, 15) is 13.2 Å². The normalized spacial score (nSPS) is 27.8. The summed E-state index contributed by atoms with van der Waals surface area (Å²) in [5.74, 6) is 0.0959. The molecule has 0 bridgehead atoms. The Hall–Kier alpha value is -0.700. The van der Waals surface area contributed by atoms with Gasteiger partial charge in [0.15, 0.2) is 0 Å². The summed E-state index contributed by atoms with van der Waals surface area (Å²) in [6.45, 7) is 5.29. The third-order valence-corrected chi connectivity index (χ3v) is 5.36. The van der Waals surface area contributed by atoms with Crippen molar-refractivity contribution in [3.05, 3.63) is 0 Å². The minimum atomic E-state index is -3.62. The molecule has 116 valence electrons. The minimum Gasteiger partial charge on any atom is -0.337 e. The van der Waals surface area contributed by atoms with E-state index in [-0.39, 0.29) is 17.9 Å². The SMILES string of the molecule is C[C@@H]1CN(C)CCN1C(=O)C1CCN(S(N)(=O)=O)CC1. The lowest BCUT2D eigenvalue weighted by atomic mass is 9.95. The van der Waals surface area contributed by atoms with Gasteiger partial charge in [0.1, 0.15) is 0 Å². The average molecular weight is 304 g/mol. The van der Waals surface area contributed by atoms with Crippen LogP contribution in [-0.4, -0.2) is 74.2 Å². The molecule has 2 rings (SSSR count). The van der Waals surface area contributed by atoms with Gasteiger partial charge in [0.2, 0.25) is 5.91 Å². The lowest BCUT2D eigenvalue weighted by Gasteiger charge is -2.41. The largest absolute Gasteiger partial charge is 0.337 e. The minimum absolute atomic E-state index is 0.0705. The van der Waals surface area contributed by atoms with E-state index in [1.807, 2.05) is 4.90 Å². The summed E-state index contributed by atoms with van der Waals surface area (Å²) in [6, 6.07) is 0.220. The van der Waals surface area contributed by atoms with Crippen molar-refractivity contribution in [1.29, 1.82) is 0 Å². The molecule has 0 spiro atoms. The second-order valence-corrected chi connectivity index (χ2v) is 7.41. The molecular formula is C12H24N4O3S. The maximum atomic E-state index is 12.5. The smallest absolute Gasteiger partial charge is 0.276 e. The number of likely N-dealkylation sites (N-methyl/N-ethyl adjacent to an activating group) is 1. The fourth-order valence-electron chi connectivity index (χ4n) is 3.06. The van der Waals surface area contributed by atoms with E-state index in [0.717, 1.165) is 19.6 Å². The van der Waals surface area contributed by atoms with Crippen LogP contribution in [0.25, 0.3) is 0 Å². The second kappa shape index (κ2) is 5.97. The zero-order valence-corrected chi connectivity index (χ0v) is 13.0. The van der Waals surface area contributed by atoms with Gasteiger partial charge in [-0.05, 0) is 26.8 Å². The fraction of sp³-hybridized carbons (Fsp3) is 0.917.